The van der Waals surface area contributed by atoms with E-state index in [0.717, 1.165) is 31.1 Å². The van der Waals surface area contributed by atoms with Crippen LogP contribution >= 0.6 is 0 Å². The molecule has 9 nitrogen and oxygen atoms in total. The van der Waals surface area contributed by atoms with Crippen LogP contribution in [-0.2, 0) is 9.59 Å². The molecule has 2 bridgehead atoms. The highest BCUT2D eigenvalue weighted by molar-refractivity contribution is 6.06. The van der Waals surface area contributed by atoms with E-state index >= 15 is 0 Å². The number of H-pyrrole nitrogens is 1. The molecule has 0 spiro atoms. The zero-order valence-corrected chi connectivity index (χ0v) is 16.0. The van der Waals surface area contributed by atoms with Gasteiger partial charge in [0.25, 0.3) is 5.91 Å². The van der Waals surface area contributed by atoms with E-state index in [4.69, 9.17) is 5.73 Å². The van der Waals surface area contributed by atoms with E-state index < -0.39 is 5.91 Å². The van der Waals surface area contributed by atoms with Crippen molar-refractivity contribution in [2.24, 2.45) is 5.73 Å². The van der Waals surface area contributed by atoms with E-state index in [1.54, 1.807) is 6.20 Å². The van der Waals surface area contributed by atoms with Gasteiger partial charge in [0.05, 0.1) is 11.3 Å². The molecule has 3 amide bonds. The van der Waals surface area contributed by atoms with Crippen molar-refractivity contribution in [3.05, 3.63) is 24.0 Å². The standard InChI is InChI=1S/C20H24N6O3/c21-18(28)14-9-23-19-13(5-6-22-19)17(14)24-10-7-11-1-2-12(8-10)26(11)20(29)15-3-4-16(27)25-15/h5-6,9-12,15H,1-4,7-8H2,(H2,21,28)(H,25,27)(H2,22,23,24)/t11-,12-,15+/m0/s1. The lowest BCUT2D eigenvalue weighted by molar-refractivity contribution is -0.138. The molecule has 0 aliphatic carbocycles. The number of pyridine rings is 1. The number of primary amides is 1. The van der Waals surface area contributed by atoms with Crippen molar-refractivity contribution in [1.29, 1.82) is 0 Å². The Bertz CT molecular complexity index is 987. The monoisotopic (exact) mass is 396 g/mol. The fourth-order valence-corrected chi connectivity index (χ4v) is 5.19. The van der Waals surface area contributed by atoms with Gasteiger partial charge in [-0.2, -0.15) is 0 Å². The number of aromatic amines is 1. The minimum atomic E-state index is -0.518. The van der Waals surface area contributed by atoms with Crippen molar-refractivity contribution in [3.63, 3.8) is 0 Å². The summed E-state index contributed by atoms with van der Waals surface area (Å²) in [5, 5.41) is 7.16. The maximum absolute atomic E-state index is 13.0. The second-order valence-electron chi connectivity index (χ2n) is 8.25. The maximum atomic E-state index is 13.0. The number of aromatic nitrogens is 2. The Kier molecular flexibility index (Phi) is 4.18. The van der Waals surface area contributed by atoms with Gasteiger partial charge in [0.1, 0.15) is 11.7 Å². The number of nitrogens with one attached hydrogen (secondary N) is 3. The second kappa shape index (κ2) is 6.75. The Hall–Kier alpha value is -3.10. The molecule has 3 aliphatic rings. The van der Waals surface area contributed by atoms with E-state index in [1.807, 2.05) is 11.0 Å². The van der Waals surface area contributed by atoms with Crippen LogP contribution in [0.2, 0.25) is 0 Å². The molecule has 0 unspecified atom stereocenters. The van der Waals surface area contributed by atoms with E-state index in [9.17, 15) is 14.4 Å². The number of nitrogens with zero attached hydrogens (tertiary/aromatic N) is 2. The molecule has 3 saturated heterocycles. The molecule has 3 fully saturated rings. The minimum Gasteiger partial charge on any atom is -0.381 e. The highest BCUT2D eigenvalue weighted by Gasteiger charge is 2.46. The number of hydrogen-bond acceptors (Lipinski definition) is 5. The number of piperidine rings is 1. The molecule has 2 aromatic heterocycles. The third-order valence-corrected chi connectivity index (χ3v) is 6.48. The number of anilines is 1. The summed E-state index contributed by atoms with van der Waals surface area (Å²) in [5.41, 5.74) is 7.35. The van der Waals surface area contributed by atoms with Crippen molar-refractivity contribution >= 4 is 34.4 Å². The molecule has 5 rings (SSSR count). The lowest BCUT2D eigenvalue weighted by atomic mass is 9.95. The van der Waals surface area contributed by atoms with Gasteiger partial charge in [-0.05, 0) is 38.2 Å². The molecule has 3 atom stereocenters. The number of nitrogens with two attached hydrogens (primary N) is 1. The Morgan fingerprint density at radius 3 is 2.62 bits per heavy atom. The highest BCUT2D eigenvalue weighted by atomic mass is 16.2. The van der Waals surface area contributed by atoms with Crippen LogP contribution < -0.4 is 16.4 Å². The molecule has 9 heteroatoms. The summed E-state index contributed by atoms with van der Waals surface area (Å²) in [6.07, 6.45) is 7.83. The normalized spacial score (nSPS) is 28.6. The van der Waals surface area contributed by atoms with Gasteiger partial charge in [0.2, 0.25) is 11.8 Å². The first-order valence-corrected chi connectivity index (χ1v) is 10.1. The van der Waals surface area contributed by atoms with E-state index in [-0.39, 0.29) is 36.0 Å². The number of hydrogen-bond donors (Lipinski definition) is 4. The molecule has 5 N–H and O–H groups in total. The zero-order valence-electron chi connectivity index (χ0n) is 16.0. The van der Waals surface area contributed by atoms with Gasteiger partial charge in [-0.3, -0.25) is 14.4 Å². The Labute approximate surface area is 167 Å². The van der Waals surface area contributed by atoms with Crippen LogP contribution in [0.5, 0.6) is 0 Å². The fourth-order valence-electron chi connectivity index (χ4n) is 5.19. The summed E-state index contributed by atoms with van der Waals surface area (Å²) in [7, 11) is 0. The summed E-state index contributed by atoms with van der Waals surface area (Å²) in [6.45, 7) is 0. The topological polar surface area (TPSA) is 133 Å². The Morgan fingerprint density at radius 2 is 1.97 bits per heavy atom. The number of carbonyl (C=O) groups is 3. The third kappa shape index (κ3) is 3.01. The van der Waals surface area contributed by atoms with E-state index in [1.165, 1.54) is 6.20 Å². The van der Waals surface area contributed by atoms with Crippen molar-refractivity contribution in [2.45, 2.75) is 62.7 Å². The number of carbonyl (C=O) groups excluding carboxylic acids is 3. The van der Waals surface area contributed by atoms with Crippen LogP contribution in [0.1, 0.15) is 48.9 Å². The molecule has 3 aliphatic heterocycles. The van der Waals surface area contributed by atoms with E-state index in [2.05, 4.69) is 20.6 Å². The van der Waals surface area contributed by atoms with Gasteiger partial charge in [0.15, 0.2) is 0 Å². The Morgan fingerprint density at radius 1 is 1.21 bits per heavy atom. The number of rotatable bonds is 4. The minimum absolute atomic E-state index is 0.0422. The van der Waals surface area contributed by atoms with Crippen molar-refractivity contribution < 1.29 is 14.4 Å². The lowest BCUT2D eigenvalue weighted by Crippen LogP contribution is -2.54. The average molecular weight is 396 g/mol. The smallest absolute Gasteiger partial charge is 0.252 e. The van der Waals surface area contributed by atoms with Gasteiger partial charge in [-0.1, -0.05) is 0 Å². The van der Waals surface area contributed by atoms with Gasteiger partial charge in [-0.25, -0.2) is 4.98 Å². The SMILES string of the molecule is NC(=O)c1cnc2[nH]ccc2c1NC1C[C@@H]2CC[C@@H](C1)N2C(=O)[C@H]1CCC(=O)N1. The largest absolute Gasteiger partial charge is 0.381 e. The van der Waals surface area contributed by atoms with Crippen LogP contribution in [0.15, 0.2) is 18.5 Å². The number of fused-ring (bicyclic) bond motifs is 3. The maximum Gasteiger partial charge on any atom is 0.252 e. The predicted molar refractivity (Wildman–Crippen MR) is 106 cm³/mol. The first-order chi connectivity index (χ1) is 14.0. The molecule has 0 saturated carbocycles. The van der Waals surface area contributed by atoms with Gasteiger partial charge in [-0.15, -0.1) is 0 Å². The summed E-state index contributed by atoms with van der Waals surface area (Å²) >= 11 is 0. The van der Waals surface area contributed by atoms with Crippen LogP contribution in [0.4, 0.5) is 5.69 Å². The van der Waals surface area contributed by atoms with Crippen LogP contribution in [-0.4, -0.2) is 56.8 Å². The van der Waals surface area contributed by atoms with Gasteiger partial charge < -0.3 is 26.3 Å². The quantitative estimate of drug-likeness (QED) is 0.609. The summed E-state index contributed by atoms with van der Waals surface area (Å²) in [6, 6.07) is 1.94. The second-order valence-corrected chi connectivity index (χ2v) is 8.25. The molecule has 152 valence electrons. The molecular weight excluding hydrogens is 372 g/mol. The third-order valence-electron chi connectivity index (χ3n) is 6.48. The van der Waals surface area contributed by atoms with Crippen LogP contribution in [0.25, 0.3) is 11.0 Å². The average Bonchev–Trinajstić information content (AvgIpc) is 3.39. The predicted octanol–water partition coefficient (Wildman–Crippen LogP) is 0.874. The molecule has 2 aromatic rings. The van der Waals surface area contributed by atoms with Crippen LogP contribution in [0, 0.1) is 0 Å². The van der Waals surface area contributed by atoms with E-state index in [0.29, 0.717) is 29.7 Å². The first-order valence-electron chi connectivity index (χ1n) is 10.1. The molecule has 5 heterocycles. The summed E-state index contributed by atoms with van der Waals surface area (Å²) in [5.74, 6) is -0.508. The highest BCUT2D eigenvalue weighted by Crippen LogP contribution is 2.39. The Balaban J connectivity index is 1.36. The van der Waals surface area contributed by atoms with Gasteiger partial charge in [0, 0.05) is 42.3 Å². The van der Waals surface area contributed by atoms with Crippen molar-refractivity contribution in [3.8, 4) is 0 Å². The molecular formula is C20H24N6O3. The zero-order chi connectivity index (χ0) is 20.1. The number of amides is 3. The van der Waals surface area contributed by atoms with Gasteiger partial charge >= 0.3 is 0 Å². The first kappa shape index (κ1) is 18.0. The van der Waals surface area contributed by atoms with Crippen LogP contribution in [0.3, 0.4) is 0 Å². The summed E-state index contributed by atoms with van der Waals surface area (Å²) in [4.78, 5) is 45.7. The lowest BCUT2D eigenvalue weighted by Gasteiger charge is -2.40. The van der Waals surface area contributed by atoms with Crippen molar-refractivity contribution in [1.82, 2.24) is 20.2 Å². The van der Waals surface area contributed by atoms with Crippen molar-refractivity contribution in [2.75, 3.05) is 5.32 Å². The molecule has 29 heavy (non-hydrogen) atoms. The molecule has 0 radical (unpaired) electrons. The summed E-state index contributed by atoms with van der Waals surface area (Å²) < 4.78 is 0. The molecule has 0 aromatic carbocycles. The fraction of sp³-hybridized carbons (Fsp3) is 0.500.